The quantitative estimate of drug-likeness (QED) is 0.592. The van der Waals surface area contributed by atoms with E-state index in [4.69, 9.17) is 0 Å². The van der Waals surface area contributed by atoms with Crippen LogP contribution in [0.3, 0.4) is 0 Å². The maximum atomic E-state index is 9.43. The number of aromatic nitrogens is 1. The second-order valence-corrected chi connectivity index (χ2v) is 7.32. The SMILES string of the molecule is Cc1cc(C)[n+]2c(c1C#N)SC[C@H]2[C@H](Br)c1ccccc1. The van der Waals surface area contributed by atoms with Gasteiger partial charge in [0.15, 0.2) is 11.7 Å². The van der Waals surface area contributed by atoms with E-state index in [1.165, 1.54) is 11.3 Å². The van der Waals surface area contributed by atoms with Crippen molar-refractivity contribution < 1.29 is 4.57 Å². The van der Waals surface area contributed by atoms with E-state index in [9.17, 15) is 5.26 Å². The molecular weight excluding hydrogens is 344 g/mol. The van der Waals surface area contributed by atoms with Crippen molar-refractivity contribution in [2.24, 2.45) is 0 Å². The number of pyridine rings is 1. The van der Waals surface area contributed by atoms with Crippen molar-refractivity contribution in [1.82, 2.24) is 0 Å². The zero-order valence-electron chi connectivity index (χ0n) is 12.0. The highest BCUT2D eigenvalue weighted by atomic mass is 79.9. The summed E-state index contributed by atoms with van der Waals surface area (Å²) in [5.74, 6) is 0.990. The van der Waals surface area contributed by atoms with Gasteiger partial charge in [0.25, 0.3) is 5.03 Å². The number of alkyl halides is 1. The molecule has 0 aliphatic carbocycles. The van der Waals surface area contributed by atoms with Crippen LogP contribution < -0.4 is 4.57 Å². The van der Waals surface area contributed by atoms with Crippen LogP contribution in [-0.4, -0.2) is 5.75 Å². The Hall–Kier alpha value is -1.31. The zero-order chi connectivity index (χ0) is 15.0. The van der Waals surface area contributed by atoms with Crippen molar-refractivity contribution in [2.75, 3.05) is 5.75 Å². The van der Waals surface area contributed by atoms with E-state index < -0.39 is 0 Å². The molecule has 0 saturated heterocycles. The first-order valence-corrected chi connectivity index (χ1v) is 8.81. The lowest BCUT2D eigenvalue weighted by Gasteiger charge is -2.15. The number of hydrogen-bond donors (Lipinski definition) is 0. The third kappa shape index (κ3) is 2.49. The molecule has 4 heteroatoms. The lowest BCUT2D eigenvalue weighted by molar-refractivity contribution is -0.752. The van der Waals surface area contributed by atoms with Crippen LogP contribution in [0.25, 0.3) is 0 Å². The van der Waals surface area contributed by atoms with Crippen LogP contribution in [-0.2, 0) is 0 Å². The minimum atomic E-state index is 0.255. The van der Waals surface area contributed by atoms with Crippen molar-refractivity contribution in [1.29, 1.82) is 5.26 Å². The molecule has 0 bridgehead atoms. The molecule has 0 saturated carbocycles. The fourth-order valence-electron chi connectivity index (χ4n) is 2.91. The number of nitrogens with zero attached hydrogens (tertiary/aromatic N) is 2. The summed E-state index contributed by atoms with van der Waals surface area (Å²) in [6.07, 6.45) is 0. The zero-order valence-corrected chi connectivity index (χ0v) is 14.4. The molecule has 1 aromatic heterocycles. The number of thioether (sulfide) groups is 1. The largest absolute Gasteiger partial charge is 0.259 e. The van der Waals surface area contributed by atoms with Gasteiger partial charge in [-0.3, -0.25) is 0 Å². The summed E-state index contributed by atoms with van der Waals surface area (Å²) in [5, 5.41) is 10.5. The van der Waals surface area contributed by atoms with Crippen LogP contribution in [0.2, 0.25) is 0 Å². The highest BCUT2D eigenvalue weighted by Gasteiger charge is 2.41. The molecule has 2 nitrogen and oxygen atoms in total. The summed E-state index contributed by atoms with van der Waals surface area (Å²) in [7, 11) is 0. The van der Waals surface area contributed by atoms with E-state index in [0.717, 1.165) is 21.9 Å². The van der Waals surface area contributed by atoms with Gasteiger partial charge in [-0.2, -0.15) is 9.83 Å². The molecule has 21 heavy (non-hydrogen) atoms. The molecule has 2 heterocycles. The van der Waals surface area contributed by atoms with Crippen molar-refractivity contribution in [3.63, 3.8) is 0 Å². The summed E-state index contributed by atoms with van der Waals surface area (Å²) >= 11 is 5.65. The Bertz CT molecular complexity index is 722. The van der Waals surface area contributed by atoms with Crippen LogP contribution in [0.15, 0.2) is 41.4 Å². The second kappa shape index (κ2) is 5.82. The number of fused-ring (bicyclic) bond motifs is 1. The fourth-order valence-corrected chi connectivity index (χ4v) is 5.32. The van der Waals surface area contributed by atoms with Crippen LogP contribution in [0, 0.1) is 25.2 Å². The molecule has 0 amide bonds. The Kier molecular flexibility index (Phi) is 4.05. The lowest BCUT2D eigenvalue weighted by atomic mass is 10.0. The number of halogens is 1. The molecule has 106 valence electrons. The topological polar surface area (TPSA) is 27.7 Å². The van der Waals surface area contributed by atoms with Gasteiger partial charge in [-0.1, -0.05) is 46.3 Å². The predicted molar refractivity (Wildman–Crippen MR) is 88.7 cm³/mol. The third-order valence-electron chi connectivity index (χ3n) is 3.92. The summed E-state index contributed by atoms with van der Waals surface area (Å²) in [5.41, 5.74) is 4.39. The molecule has 1 aromatic carbocycles. The van der Waals surface area contributed by atoms with Crippen molar-refractivity contribution in [2.45, 2.75) is 29.7 Å². The van der Waals surface area contributed by atoms with Gasteiger partial charge in [0.05, 0.1) is 5.75 Å². The molecule has 2 aromatic rings. The average molecular weight is 360 g/mol. The number of aryl methyl sites for hydroxylation is 2. The number of hydrogen-bond acceptors (Lipinski definition) is 2. The molecule has 0 radical (unpaired) electrons. The van der Waals surface area contributed by atoms with Gasteiger partial charge in [-0.25, -0.2) is 0 Å². The van der Waals surface area contributed by atoms with Crippen molar-refractivity contribution in [3.8, 4) is 6.07 Å². The van der Waals surface area contributed by atoms with Crippen LogP contribution in [0.4, 0.5) is 0 Å². The maximum Gasteiger partial charge on any atom is 0.259 e. The molecule has 0 spiro atoms. The van der Waals surface area contributed by atoms with Gasteiger partial charge >= 0.3 is 0 Å². The first kappa shape index (κ1) is 14.6. The van der Waals surface area contributed by atoms with Gasteiger partial charge in [0.2, 0.25) is 0 Å². The molecule has 3 rings (SSSR count). The summed E-state index contributed by atoms with van der Waals surface area (Å²) in [6.45, 7) is 4.14. The predicted octanol–water partition coefficient (Wildman–Crippen LogP) is 4.25. The summed E-state index contributed by atoms with van der Waals surface area (Å²) in [4.78, 5) is 0.255. The highest BCUT2D eigenvalue weighted by molar-refractivity contribution is 9.09. The Morgan fingerprint density at radius 2 is 2.05 bits per heavy atom. The molecule has 0 N–H and O–H groups in total. The molecular formula is C17H16BrN2S+. The van der Waals surface area contributed by atoms with Gasteiger partial charge in [-0.05, 0) is 29.8 Å². The number of rotatable bonds is 2. The van der Waals surface area contributed by atoms with E-state index in [0.29, 0.717) is 6.04 Å². The molecule has 2 atom stereocenters. The Morgan fingerprint density at radius 3 is 2.71 bits per heavy atom. The monoisotopic (exact) mass is 359 g/mol. The highest BCUT2D eigenvalue weighted by Crippen LogP contribution is 2.41. The lowest BCUT2D eigenvalue weighted by Crippen LogP contribution is -2.44. The molecule has 1 aliphatic rings. The van der Waals surface area contributed by atoms with Gasteiger partial charge in [0.1, 0.15) is 16.5 Å². The van der Waals surface area contributed by atoms with E-state index in [-0.39, 0.29) is 4.83 Å². The van der Waals surface area contributed by atoms with E-state index in [2.05, 4.69) is 63.8 Å². The first-order chi connectivity index (χ1) is 10.1. The van der Waals surface area contributed by atoms with Crippen LogP contribution in [0.5, 0.6) is 0 Å². The average Bonchev–Trinajstić information content (AvgIpc) is 2.93. The smallest absolute Gasteiger partial charge is 0.192 e. The Morgan fingerprint density at radius 1 is 1.33 bits per heavy atom. The first-order valence-electron chi connectivity index (χ1n) is 6.91. The number of nitriles is 1. The molecule has 0 fully saturated rings. The number of benzene rings is 1. The van der Waals surface area contributed by atoms with Crippen LogP contribution in [0.1, 0.15) is 33.3 Å². The minimum absolute atomic E-state index is 0.255. The Balaban J connectivity index is 2.07. The Labute approximate surface area is 137 Å². The summed E-state index contributed by atoms with van der Waals surface area (Å²) in [6, 6.07) is 15.3. The normalized spacial score (nSPS) is 18.1. The standard InChI is InChI=1S/C17H16BrN2S/c1-11-8-12(2)20-15(10-21-17(20)14(11)9-19)16(18)13-6-4-3-5-7-13/h3-8,15-16H,10H2,1-2H3/q+1/t15-,16+/m0/s1. The van der Waals surface area contributed by atoms with Gasteiger partial charge < -0.3 is 0 Å². The molecule has 1 aliphatic heterocycles. The summed E-state index contributed by atoms with van der Waals surface area (Å²) < 4.78 is 2.32. The van der Waals surface area contributed by atoms with Crippen LogP contribution >= 0.6 is 27.7 Å². The molecule has 0 unspecified atom stereocenters. The van der Waals surface area contributed by atoms with E-state index >= 15 is 0 Å². The van der Waals surface area contributed by atoms with Crippen molar-refractivity contribution in [3.05, 3.63) is 58.8 Å². The minimum Gasteiger partial charge on any atom is -0.192 e. The fraction of sp³-hybridized carbons (Fsp3) is 0.294. The van der Waals surface area contributed by atoms with E-state index in [1.54, 1.807) is 11.8 Å². The van der Waals surface area contributed by atoms with Crippen molar-refractivity contribution >= 4 is 27.7 Å². The second-order valence-electron chi connectivity index (χ2n) is 5.32. The van der Waals surface area contributed by atoms with Gasteiger partial charge in [-0.15, -0.1) is 0 Å². The maximum absolute atomic E-state index is 9.43. The van der Waals surface area contributed by atoms with E-state index in [1.807, 2.05) is 13.0 Å². The van der Waals surface area contributed by atoms with Gasteiger partial charge in [0, 0.05) is 13.0 Å². The third-order valence-corrected chi connectivity index (χ3v) is 6.24.